The number of nitrogens with zero attached hydrogens (tertiary/aromatic N) is 1. The molecule has 1 fully saturated rings. The van der Waals surface area contributed by atoms with Crippen molar-refractivity contribution in [2.45, 2.75) is 39.3 Å². The van der Waals surface area contributed by atoms with Gasteiger partial charge in [-0.2, -0.15) is 0 Å². The normalized spacial score (nSPS) is 16.7. The Bertz CT molecular complexity index is 771. The average Bonchev–Trinajstić information content (AvgIpc) is 3.12. The van der Waals surface area contributed by atoms with Crippen molar-refractivity contribution in [3.05, 3.63) is 70.8 Å². The summed E-state index contributed by atoms with van der Waals surface area (Å²) in [5.41, 5.74) is 3.97. The van der Waals surface area contributed by atoms with E-state index in [0.29, 0.717) is 18.7 Å². The highest BCUT2D eigenvalue weighted by molar-refractivity contribution is 5.98. The van der Waals surface area contributed by atoms with Gasteiger partial charge in [0.15, 0.2) is 0 Å². The summed E-state index contributed by atoms with van der Waals surface area (Å²) in [7, 11) is 0. The van der Waals surface area contributed by atoms with E-state index in [1.807, 2.05) is 62.4 Å². The Hall–Kier alpha value is -2.62. The Balaban J connectivity index is 1.67. The van der Waals surface area contributed by atoms with Crippen molar-refractivity contribution in [3.8, 4) is 0 Å². The van der Waals surface area contributed by atoms with Gasteiger partial charge in [-0.15, -0.1) is 0 Å². The third-order valence-corrected chi connectivity index (χ3v) is 4.88. The molecular weight excluding hydrogens is 312 g/mol. The number of benzene rings is 2. The van der Waals surface area contributed by atoms with E-state index in [4.69, 9.17) is 0 Å². The second kappa shape index (κ2) is 7.51. The van der Waals surface area contributed by atoms with Crippen molar-refractivity contribution in [3.63, 3.8) is 0 Å². The first-order valence-electron chi connectivity index (χ1n) is 8.76. The standard InChI is InChI=1S/C21H24N2O2/c1-15-10-11-18(13-16(15)2)21(25)23-12-6-9-19(23)20(24)22-14-17-7-4-3-5-8-17/h3-5,7-8,10-11,13,19H,6,9,12,14H2,1-2H3,(H,22,24)/t19-/m0/s1. The Kier molecular flexibility index (Phi) is 5.17. The van der Waals surface area contributed by atoms with Crippen molar-refractivity contribution in [2.75, 3.05) is 6.54 Å². The number of nitrogens with one attached hydrogen (secondary N) is 1. The molecule has 4 heteroatoms. The molecule has 1 heterocycles. The van der Waals surface area contributed by atoms with Crippen LogP contribution in [-0.4, -0.2) is 29.3 Å². The topological polar surface area (TPSA) is 49.4 Å². The van der Waals surface area contributed by atoms with Crippen LogP contribution in [0.1, 0.15) is 39.9 Å². The van der Waals surface area contributed by atoms with Gasteiger partial charge in [0.1, 0.15) is 6.04 Å². The van der Waals surface area contributed by atoms with Crippen LogP contribution in [0.15, 0.2) is 48.5 Å². The summed E-state index contributed by atoms with van der Waals surface area (Å²) >= 11 is 0. The first kappa shape index (κ1) is 17.2. The van der Waals surface area contributed by atoms with Crippen molar-refractivity contribution in [1.82, 2.24) is 10.2 Å². The van der Waals surface area contributed by atoms with E-state index in [2.05, 4.69) is 5.32 Å². The molecule has 1 aliphatic heterocycles. The Labute approximate surface area is 148 Å². The molecule has 0 aliphatic carbocycles. The Morgan fingerprint density at radius 3 is 2.56 bits per heavy atom. The number of hydrogen-bond acceptors (Lipinski definition) is 2. The lowest BCUT2D eigenvalue weighted by Crippen LogP contribution is -2.45. The van der Waals surface area contributed by atoms with Crippen LogP contribution in [0.3, 0.4) is 0 Å². The molecule has 0 radical (unpaired) electrons. The summed E-state index contributed by atoms with van der Waals surface area (Å²) in [5, 5.41) is 2.96. The summed E-state index contributed by atoms with van der Waals surface area (Å²) in [4.78, 5) is 27.1. The van der Waals surface area contributed by atoms with Gasteiger partial charge in [0.05, 0.1) is 0 Å². The van der Waals surface area contributed by atoms with Gasteiger partial charge in [0.25, 0.3) is 5.91 Å². The second-order valence-corrected chi connectivity index (χ2v) is 6.66. The number of aryl methyl sites for hydroxylation is 2. The fourth-order valence-corrected chi connectivity index (χ4v) is 3.23. The van der Waals surface area contributed by atoms with E-state index in [9.17, 15) is 9.59 Å². The summed E-state index contributed by atoms with van der Waals surface area (Å²) in [6, 6.07) is 15.2. The molecule has 0 unspecified atom stereocenters. The van der Waals surface area contributed by atoms with Crippen molar-refractivity contribution in [1.29, 1.82) is 0 Å². The van der Waals surface area contributed by atoms with Crippen LogP contribution in [0, 0.1) is 13.8 Å². The predicted molar refractivity (Wildman–Crippen MR) is 98.3 cm³/mol. The number of carbonyl (C=O) groups is 2. The van der Waals surface area contributed by atoms with Crippen LogP contribution < -0.4 is 5.32 Å². The average molecular weight is 336 g/mol. The minimum absolute atomic E-state index is 0.0551. The molecule has 1 aliphatic rings. The van der Waals surface area contributed by atoms with Gasteiger partial charge in [-0.1, -0.05) is 36.4 Å². The van der Waals surface area contributed by atoms with E-state index in [-0.39, 0.29) is 17.9 Å². The van der Waals surface area contributed by atoms with Crippen LogP contribution in [0.5, 0.6) is 0 Å². The molecular formula is C21H24N2O2. The highest BCUT2D eigenvalue weighted by Gasteiger charge is 2.34. The molecule has 0 saturated carbocycles. The summed E-state index contributed by atoms with van der Waals surface area (Å²) in [6.07, 6.45) is 1.58. The molecule has 1 saturated heterocycles. The lowest BCUT2D eigenvalue weighted by atomic mass is 10.1. The summed E-state index contributed by atoms with van der Waals surface area (Å²) < 4.78 is 0. The molecule has 130 valence electrons. The zero-order valence-electron chi connectivity index (χ0n) is 14.8. The third-order valence-electron chi connectivity index (χ3n) is 4.88. The first-order chi connectivity index (χ1) is 12.1. The lowest BCUT2D eigenvalue weighted by Gasteiger charge is -2.24. The molecule has 2 aromatic rings. The maximum absolute atomic E-state index is 12.8. The van der Waals surface area contributed by atoms with Crippen LogP contribution in [0.2, 0.25) is 0 Å². The van der Waals surface area contributed by atoms with Gasteiger partial charge >= 0.3 is 0 Å². The number of rotatable bonds is 4. The van der Waals surface area contributed by atoms with Crippen molar-refractivity contribution < 1.29 is 9.59 Å². The van der Waals surface area contributed by atoms with Crippen LogP contribution in [-0.2, 0) is 11.3 Å². The minimum Gasteiger partial charge on any atom is -0.350 e. The molecule has 4 nitrogen and oxygen atoms in total. The second-order valence-electron chi connectivity index (χ2n) is 6.66. The van der Waals surface area contributed by atoms with E-state index >= 15 is 0 Å². The minimum atomic E-state index is -0.377. The van der Waals surface area contributed by atoms with Crippen LogP contribution in [0.4, 0.5) is 0 Å². The summed E-state index contributed by atoms with van der Waals surface area (Å²) in [5.74, 6) is -0.126. The maximum Gasteiger partial charge on any atom is 0.254 e. The molecule has 0 spiro atoms. The van der Waals surface area contributed by atoms with Gasteiger partial charge < -0.3 is 10.2 Å². The quantitative estimate of drug-likeness (QED) is 0.932. The molecule has 0 aromatic heterocycles. The largest absolute Gasteiger partial charge is 0.350 e. The zero-order valence-corrected chi connectivity index (χ0v) is 14.8. The Morgan fingerprint density at radius 2 is 1.84 bits per heavy atom. The molecule has 2 aromatic carbocycles. The van der Waals surface area contributed by atoms with Gasteiger partial charge in [0.2, 0.25) is 5.91 Å². The van der Waals surface area contributed by atoms with Gasteiger partial charge in [-0.05, 0) is 55.5 Å². The fraction of sp³-hybridized carbons (Fsp3) is 0.333. The van der Waals surface area contributed by atoms with E-state index < -0.39 is 0 Å². The van der Waals surface area contributed by atoms with Crippen molar-refractivity contribution >= 4 is 11.8 Å². The zero-order chi connectivity index (χ0) is 17.8. The van der Waals surface area contributed by atoms with Crippen molar-refractivity contribution in [2.24, 2.45) is 0 Å². The smallest absolute Gasteiger partial charge is 0.254 e. The Morgan fingerprint density at radius 1 is 1.08 bits per heavy atom. The van der Waals surface area contributed by atoms with E-state index in [1.54, 1.807) is 4.90 Å². The van der Waals surface area contributed by atoms with Gasteiger partial charge in [-0.25, -0.2) is 0 Å². The fourth-order valence-electron chi connectivity index (χ4n) is 3.23. The van der Waals surface area contributed by atoms with Crippen LogP contribution >= 0.6 is 0 Å². The molecule has 1 N–H and O–H groups in total. The van der Waals surface area contributed by atoms with Crippen LogP contribution in [0.25, 0.3) is 0 Å². The number of hydrogen-bond donors (Lipinski definition) is 1. The molecule has 1 atom stereocenters. The predicted octanol–water partition coefficient (Wildman–Crippen LogP) is 3.22. The monoisotopic (exact) mass is 336 g/mol. The van der Waals surface area contributed by atoms with Gasteiger partial charge in [0, 0.05) is 18.7 Å². The third kappa shape index (κ3) is 3.90. The number of likely N-dealkylation sites (tertiary alicyclic amines) is 1. The molecule has 2 amide bonds. The lowest BCUT2D eigenvalue weighted by molar-refractivity contribution is -0.125. The highest BCUT2D eigenvalue weighted by atomic mass is 16.2. The molecule has 3 rings (SSSR count). The number of amides is 2. The molecule has 25 heavy (non-hydrogen) atoms. The highest BCUT2D eigenvalue weighted by Crippen LogP contribution is 2.21. The number of carbonyl (C=O) groups excluding carboxylic acids is 2. The van der Waals surface area contributed by atoms with E-state index in [0.717, 1.165) is 29.5 Å². The van der Waals surface area contributed by atoms with E-state index in [1.165, 1.54) is 0 Å². The molecule has 0 bridgehead atoms. The first-order valence-corrected chi connectivity index (χ1v) is 8.76. The summed E-state index contributed by atoms with van der Waals surface area (Å²) in [6.45, 7) is 5.15. The van der Waals surface area contributed by atoms with Gasteiger partial charge in [-0.3, -0.25) is 9.59 Å². The maximum atomic E-state index is 12.8. The SMILES string of the molecule is Cc1ccc(C(=O)N2CCC[C@H]2C(=O)NCc2ccccc2)cc1C.